The highest BCUT2D eigenvalue weighted by Gasteiger charge is 2.34. The number of halogens is 1. The van der Waals surface area contributed by atoms with Crippen LogP contribution in [0.4, 0.5) is 0 Å². The molecule has 1 aromatic rings. The van der Waals surface area contributed by atoms with Crippen molar-refractivity contribution in [2.45, 2.75) is 12.5 Å². The lowest BCUT2D eigenvalue weighted by atomic mass is 10.1. The van der Waals surface area contributed by atoms with Gasteiger partial charge in [-0.1, -0.05) is 5.92 Å². The molecule has 0 N–H and O–H groups in total. The summed E-state index contributed by atoms with van der Waals surface area (Å²) in [5.74, 6) is 2.21. The van der Waals surface area contributed by atoms with Crippen LogP contribution in [0.1, 0.15) is 16.8 Å². The van der Waals surface area contributed by atoms with E-state index in [2.05, 4.69) is 26.8 Å². The molecule has 1 aliphatic heterocycles. The summed E-state index contributed by atoms with van der Waals surface area (Å²) in [6.45, 7) is 0.0923. The van der Waals surface area contributed by atoms with E-state index in [-0.39, 0.29) is 30.0 Å². The van der Waals surface area contributed by atoms with Crippen LogP contribution in [0.3, 0.4) is 0 Å². The largest absolute Gasteiger partial charge is 0.323 e. The molecular weight excluding hydrogens is 344 g/mol. The molecule has 1 amide bonds. The standard InChI is InChI=1S/C13H13BrN2O3S/c1-2-6-16(11-5-7-20(18,19)9-11)13(17)10-3-4-12(14)15-8-10/h1,3-4,8,11H,5-7,9H2. The fraction of sp³-hybridized carbons (Fsp3) is 0.385. The summed E-state index contributed by atoms with van der Waals surface area (Å²) < 4.78 is 23.7. The number of aromatic nitrogens is 1. The molecule has 1 aromatic heterocycles. The van der Waals surface area contributed by atoms with E-state index in [0.29, 0.717) is 16.6 Å². The molecular formula is C13H13BrN2O3S. The molecule has 1 fully saturated rings. The summed E-state index contributed by atoms with van der Waals surface area (Å²) in [4.78, 5) is 17.9. The van der Waals surface area contributed by atoms with Crippen LogP contribution < -0.4 is 0 Å². The Morgan fingerprint density at radius 3 is 2.80 bits per heavy atom. The predicted molar refractivity (Wildman–Crippen MR) is 78.9 cm³/mol. The van der Waals surface area contributed by atoms with Gasteiger partial charge in [0.15, 0.2) is 9.84 Å². The molecule has 0 aliphatic carbocycles. The molecule has 7 heteroatoms. The second kappa shape index (κ2) is 5.94. The Morgan fingerprint density at radius 2 is 2.30 bits per heavy atom. The summed E-state index contributed by atoms with van der Waals surface area (Å²) >= 11 is 3.20. The first-order valence-electron chi connectivity index (χ1n) is 5.99. The van der Waals surface area contributed by atoms with Gasteiger partial charge in [0, 0.05) is 12.2 Å². The van der Waals surface area contributed by atoms with Gasteiger partial charge in [-0.05, 0) is 34.5 Å². The van der Waals surface area contributed by atoms with Crippen molar-refractivity contribution in [2.75, 3.05) is 18.1 Å². The molecule has 2 rings (SSSR count). The van der Waals surface area contributed by atoms with Crippen molar-refractivity contribution in [2.24, 2.45) is 0 Å². The lowest BCUT2D eigenvalue weighted by Crippen LogP contribution is -2.41. The van der Waals surface area contributed by atoms with Gasteiger partial charge in [-0.15, -0.1) is 6.42 Å². The van der Waals surface area contributed by atoms with Crippen LogP contribution in [0.25, 0.3) is 0 Å². The van der Waals surface area contributed by atoms with Crippen LogP contribution in [0.15, 0.2) is 22.9 Å². The smallest absolute Gasteiger partial charge is 0.256 e. The molecule has 1 unspecified atom stereocenters. The number of pyridine rings is 1. The predicted octanol–water partition coefficient (Wildman–Crippen LogP) is 1.11. The number of carbonyl (C=O) groups excluding carboxylic acids is 1. The molecule has 1 atom stereocenters. The third-order valence-electron chi connectivity index (χ3n) is 3.15. The third-order valence-corrected chi connectivity index (χ3v) is 5.37. The van der Waals surface area contributed by atoms with Crippen molar-refractivity contribution >= 4 is 31.7 Å². The molecule has 1 aliphatic rings. The quantitative estimate of drug-likeness (QED) is 0.600. The highest BCUT2D eigenvalue weighted by atomic mass is 79.9. The van der Waals surface area contributed by atoms with E-state index in [1.807, 2.05) is 0 Å². The van der Waals surface area contributed by atoms with Gasteiger partial charge in [-0.3, -0.25) is 4.79 Å². The Hall–Kier alpha value is -1.39. The van der Waals surface area contributed by atoms with Crippen molar-refractivity contribution in [3.05, 3.63) is 28.5 Å². The van der Waals surface area contributed by atoms with E-state index in [1.165, 1.54) is 11.1 Å². The first kappa shape index (κ1) is 15.0. The molecule has 0 saturated carbocycles. The Bertz CT molecular complexity index is 649. The summed E-state index contributed by atoms with van der Waals surface area (Å²) in [5.41, 5.74) is 0.396. The number of terminal acetylenes is 1. The van der Waals surface area contributed by atoms with Crippen LogP contribution in [0.2, 0.25) is 0 Å². The van der Waals surface area contributed by atoms with Crippen LogP contribution in [0.5, 0.6) is 0 Å². The Balaban J connectivity index is 2.23. The highest BCUT2D eigenvalue weighted by molar-refractivity contribution is 9.10. The van der Waals surface area contributed by atoms with Gasteiger partial charge in [0.05, 0.1) is 23.6 Å². The minimum Gasteiger partial charge on any atom is -0.323 e. The van der Waals surface area contributed by atoms with Crippen LogP contribution in [-0.2, 0) is 9.84 Å². The second-order valence-electron chi connectivity index (χ2n) is 4.56. The number of amides is 1. The summed E-state index contributed by atoms with van der Waals surface area (Å²) in [5, 5.41) is 0. The van der Waals surface area contributed by atoms with Crippen molar-refractivity contribution in [1.82, 2.24) is 9.88 Å². The van der Waals surface area contributed by atoms with Gasteiger partial charge >= 0.3 is 0 Å². The molecule has 2 heterocycles. The number of nitrogens with zero attached hydrogens (tertiary/aromatic N) is 2. The highest BCUT2D eigenvalue weighted by Crippen LogP contribution is 2.20. The average molecular weight is 357 g/mol. The number of hydrogen-bond acceptors (Lipinski definition) is 4. The lowest BCUT2D eigenvalue weighted by Gasteiger charge is -2.26. The van der Waals surface area contributed by atoms with Gasteiger partial charge in [0.25, 0.3) is 5.91 Å². The molecule has 5 nitrogen and oxygen atoms in total. The van der Waals surface area contributed by atoms with E-state index >= 15 is 0 Å². The van der Waals surface area contributed by atoms with Crippen molar-refractivity contribution in [3.63, 3.8) is 0 Å². The number of sulfone groups is 1. The lowest BCUT2D eigenvalue weighted by molar-refractivity contribution is 0.0724. The van der Waals surface area contributed by atoms with E-state index < -0.39 is 9.84 Å². The van der Waals surface area contributed by atoms with Gasteiger partial charge in [0.1, 0.15) is 4.60 Å². The van der Waals surface area contributed by atoms with E-state index in [9.17, 15) is 13.2 Å². The maximum atomic E-state index is 12.4. The minimum absolute atomic E-state index is 0.0234. The zero-order chi connectivity index (χ0) is 14.8. The Labute approximate surface area is 126 Å². The fourth-order valence-electron chi connectivity index (χ4n) is 2.15. The first-order chi connectivity index (χ1) is 9.43. The zero-order valence-electron chi connectivity index (χ0n) is 10.6. The maximum absolute atomic E-state index is 12.4. The molecule has 0 radical (unpaired) electrons. The average Bonchev–Trinajstić information content (AvgIpc) is 2.76. The van der Waals surface area contributed by atoms with Crippen molar-refractivity contribution in [3.8, 4) is 12.3 Å². The zero-order valence-corrected chi connectivity index (χ0v) is 13.0. The number of carbonyl (C=O) groups is 1. The summed E-state index contributed by atoms with van der Waals surface area (Å²) in [7, 11) is -3.07. The van der Waals surface area contributed by atoms with Crippen LogP contribution in [0, 0.1) is 12.3 Å². The first-order valence-corrected chi connectivity index (χ1v) is 8.61. The van der Waals surface area contributed by atoms with E-state index in [4.69, 9.17) is 6.42 Å². The SMILES string of the molecule is C#CCN(C(=O)c1ccc(Br)nc1)C1CCS(=O)(=O)C1. The van der Waals surface area contributed by atoms with Crippen LogP contribution in [-0.4, -0.2) is 48.3 Å². The second-order valence-corrected chi connectivity index (χ2v) is 7.60. The molecule has 0 bridgehead atoms. The summed E-state index contributed by atoms with van der Waals surface area (Å²) in [6.07, 6.45) is 7.16. The summed E-state index contributed by atoms with van der Waals surface area (Å²) in [6, 6.07) is 2.94. The molecule has 1 saturated heterocycles. The van der Waals surface area contributed by atoms with Gasteiger partial charge in [-0.2, -0.15) is 0 Å². The minimum atomic E-state index is -3.07. The van der Waals surface area contributed by atoms with E-state index in [0.717, 1.165) is 0 Å². The van der Waals surface area contributed by atoms with Gasteiger partial charge in [-0.25, -0.2) is 13.4 Å². The normalized spacial score (nSPS) is 20.3. The molecule has 20 heavy (non-hydrogen) atoms. The van der Waals surface area contributed by atoms with Crippen LogP contribution >= 0.6 is 15.9 Å². The Kier molecular flexibility index (Phi) is 4.45. The van der Waals surface area contributed by atoms with Crippen molar-refractivity contribution in [1.29, 1.82) is 0 Å². The number of rotatable bonds is 3. The van der Waals surface area contributed by atoms with Gasteiger partial charge < -0.3 is 4.90 Å². The molecule has 106 valence electrons. The maximum Gasteiger partial charge on any atom is 0.256 e. The molecule has 0 spiro atoms. The Morgan fingerprint density at radius 1 is 1.55 bits per heavy atom. The van der Waals surface area contributed by atoms with Crippen molar-refractivity contribution < 1.29 is 13.2 Å². The molecule has 0 aromatic carbocycles. The van der Waals surface area contributed by atoms with E-state index in [1.54, 1.807) is 12.1 Å². The topological polar surface area (TPSA) is 67.3 Å². The third kappa shape index (κ3) is 3.38. The monoisotopic (exact) mass is 356 g/mol. The number of hydrogen-bond donors (Lipinski definition) is 0. The van der Waals surface area contributed by atoms with Gasteiger partial charge in [0.2, 0.25) is 0 Å². The fourth-order valence-corrected chi connectivity index (χ4v) is 4.12.